The van der Waals surface area contributed by atoms with Crippen LogP contribution in [0.25, 0.3) is 65.2 Å². The Balaban J connectivity index is 1.61. The summed E-state index contributed by atoms with van der Waals surface area (Å²) in [7, 11) is 0. The Hall–Kier alpha value is -3.20. The molecular weight excluding hydrogens is 411 g/mol. The molecule has 4 heteroatoms. The van der Waals surface area contributed by atoms with Gasteiger partial charge in [-0.3, -0.25) is 0 Å². The van der Waals surface area contributed by atoms with Gasteiger partial charge in [0.15, 0.2) is 0 Å². The van der Waals surface area contributed by atoms with Crippen molar-refractivity contribution in [2.24, 2.45) is 0 Å². The predicted molar refractivity (Wildman–Crippen MR) is 130 cm³/mol. The van der Waals surface area contributed by atoms with Crippen molar-refractivity contribution in [1.82, 2.24) is 9.97 Å². The summed E-state index contributed by atoms with van der Waals surface area (Å²) in [6.07, 6.45) is 0. The normalized spacial score (nSPS) is 12.3. The van der Waals surface area contributed by atoms with Crippen molar-refractivity contribution >= 4 is 88.4 Å². The Labute approximate surface area is 181 Å². The molecule has 0 aliphatic rings. The lowest BCUT2D eigenvalue weighted by Crippen LogP contribution is -1.76. The standard InChI is InChI=1S/C26H14Cl2N2/c27-15-3-7-17-13(9-15)1-5-19-21-11-22-20-6-2-14-10-16(28)4-8-18(14)26(20)30-24(22)12-23(21)29-25(17)19/h1-12,29-30H. The molecule has 2 N–H and O–H groups in total. The number of aromatic nitrogens is 2. The van der Waals surface area contributed by atoms with E-state index in [1.165, 1.54) is 32.3 Å². The maximum Gasteiger partial charge on any atom is 0.0544 e. The predicted octanol–water partition coefficient (Wildman–Crippen LogP) is 8.57. The molecule has 2 heterocycles. The van der Waals surface area contributed by atoms with E-state index in [1.54, 1.807) is 0 Å². The highest BCUT2D eigenvalue weighted by atomic mass is 35.5. The molecule has 0 aliphatic carbocycles. The Morgan fingerprint density at radius 3 is 1.40 bits per heavy atom. The molecule has 7 rings (SSSR count). The van der Waals surface area contributed by atoms with Gasteiger partial charge in [-0.25, -0.2) is 0 Å². The van der Waals surface area contributed by atoms with Crippen molar-refractivity contribution in [3.8, 4) is 0 Å². The molecule has 5 aromatic carbocycles. The minimum atomic E-state index is 0.756. The van der Waals surface area contributed by atoms with Crippen LogP contribution in [-0.2, 0) is 0 Å². The summed E-state index contributed by atoms with van der Waals surface area (Å²) >= 11 is 12.4. The number of H-pyrrole nitrogens is 2. The molecule has 7 aromatic rings. The van der Waals surface area contributed by atoms with E-state index in [-0.39, 0.29) is 0 Å². The number of halogens is 2. The molecule has 0 saturated heterocycles. The molecule has 0 aliphatic heterocycles. The van der Waals surface area contributed by atoms with E-state index in [1.807, 2.05) is 24.3 Å². The number of hydrogen-bond donors (Lipinski definition) is 2. The zero-order valence-electron chi connectivity index (χ0n) is 15.7. The van der Waals surface area contributed by atoms with Crippen LogP contribution >= 0.6 is 23.2 Å². The van der Waals surface area contributed by atoms with Crippen LogP contribution in [0.1, 0.15) is 0 Å². The molecule has 0 spiro atoms. The lowest BCUT2D eigenvalue weighted by molar-refractivity contribution is 1.54. The summed E-state index contributed by atoms with van der Waals surface area (Å²) in [4.78, 5) is 7.28. The van der Waals surface area contributed by atoms with Crippen molar-refractivity contribution in [1.29, 1.82) is 0 Å². The minimum absolute atomic E-state index is 0.756. The summed E-state index contributed by atoms with van der Waals surface area (Å²) < 4.78 is 0. The first-order chi connectivity index (χ1) is 14.7. The van der Waals surface area contributed by atoms with Crippen LogP contribution in [0.2, 0.25) is 10.0 Å². The van der Waals surface area contributed by atoms with Crippen LogP contribution in [0.15, 0.2) is 72.8 Å². The highest BCUT2D eigenvalue weighted by molar-refractivity contribution is 6.32. The van der Waals surface area contributed by atoms with Gasteiger partial charge in [-0.15, -0.1) is 0 Å². The zero-order chi connectivity index (χ0) is 20.0. The van der Waals surface area contributed by atoms with Gasteiger partial charge in [0.2, 0.25) is 0 Å². The topological polar surface area (TPSA) is 31.6 Å². The van der Waals surface area contributed by atoms with Crippen molar-refractivity contribution in [2.75, 3.05) is 0 Å². The second-order valence-electron chi connectivity index (χ2n) is 7.90. The molecule has 0 unspecified atom stereocenters. The second kappa shape index (κ2) is 5.69. The molecule has 2 nitrogen and oxygen atoms in total. The van der Waals surface area contributed by atoms with Crippen molar-refractivity contribution < 1.29 is 0 Å². The SMILES string of the molecule is Clc1ccc2c(ccc3c4cc5c(cc4[nH]c23)[nH]c2c3ccc(Cl)cc3ccc52)c1. The average molecular weight is 425 g/mol. The number of benzene rings is 5. The lowest BCUT2D eigenvalue weighted by atomic mass is 10.0. The Morgan fingerprint density at radius 1 is 0.433 bits per heavy atom. The highest BCUT2D eigenvalue weighted by Crippen LogP contribution is 2.38. The summed E-state index contributed by atoms with van der Waals surface area (Å²) in [5.41, 5.74) is 4.55. The summed E-state index contributed by atoms with van der Waals surface area (Å²) in [5, 5.41) is 11.1. The average Bonchev–Trinajstić information content (AvgIpc) is 3.29. The first kappa shape index (κ1) is 16.6. The van der Waals surface area contributed by atoms with Crippen molar-refractivity contribution in [3.63, 3.8) is 0 Å². The fourth-order valence-electron chi connectivity index (χ4n) is 4.84. The molecule has 0 fully saturated rings. The van der Waals surface area contributed by atoms with Crippen LogP contribution in [-0.4, -0.2) is 9.97 Å². The van der Waals surface area contributed by atoms with Crippen LogP contribution in [0.5, 0.6) is 0 Å². The highest BCUT2D eigenvalue weighted by Gasteiger charge is 2.13. The van der Waals surface area contributed by atoms with Gasteiger partial charge in [-0.1, -0.05) is 59.6 Å². The molecule has 30 heavy (non-hydrogen) atoms. The van der Waals surface area contributed by atoms with Gasteiger partial charge in [0.25, 0.3) is 0 Å². The van der Waals surface area contributed by atoms with E-state index < -0.39 is 0 Å². The molecular formula is C26H14Cl2N2. The van der Waals surface area contributed by atoms with E-state index >= 15 is 0 Å². The van der Waals surface area contributed by atoms with Gasteiger partial charge in [0.05, 0.1) is 11.0 Å². The van der Waals surface area contributed by atoms with Crippen LogP contribution in [0, 0.1) is 0 Å². The second-order valence-corrected chi connectivity index (χ2v) is 8.77. The summed E-state index contributed by atoms with van der Waals surface area (Å²) in [5.74, 6) is 0. The van der Waals surface area contributed by atoms with Crippen molar-refractivity contribution in [2.45, 2.75) is 0 Å². The molecule has 2 aromatic heterocycles. The molecule has 142 valence electrons. The smallest absolute Gasteiger partial charge is 0.0544 e. The number of nitrogens with one attached hydrogen (secondary N) is 2. The van der Waals surface area contributed by atoms with E-state index in [4.69, 9.17) is 23.2 Å². The first-order valence-electron chi connectivity index (χ1n) is 9.83. The third-order valence-electron chi connectivity index (χ3n) is 6.22. The minimum Gasteiger partial charge on any atom is -0.354 e. The fourth-order valence-corrected chi connectivity index (χ4v) is 5.20. The van der Waals surface area contributed by atoms with Crippen LogP contribution in [0.3, 0.4) is 0 Å². The van der Waals surface area contributed by atoms with Gasteiger partial charge in [-0.2, -0.15) is 0 Å². The number of aromatic amines is 2. The third-order valence-corrected chi connectivity index (χ3v) is 6.69. The molecule has 0 saturated carbocycles. The third kappa shape index (κ3) is 2.15. The Bertz CT molecular complexity index is 1690. The molecule has 0 amide bonds. The largest absolute Gasteiger partial charge is 0.354 e. The summed E-state index contributed by atoms with van der Waals surface area (Å²) in [6.45, 7) is 0. The maximum absolute atomic E-state index is 6.19. The van der Waals surface area contributed by atoms with Gasteiger partial charge in [0, 0.05) is 53.4 Å². The van der Waals surface area contributed by atoms with Crippen LogP contribution < -0.4 is 0 Å². The Kier molecular flexibility index (Phi) is 3.15. The quantitative estimate of drug-likeness (QED) is 0.244. The molecule has 0 bridgehead atoms. The number of hydrogen-bond acceptors (Lipinski definition) is 0. The Morgan fingerprint density at radius 2 is 0.900 bits per heavy atom. The lowest BCUT2D eigenvalue weighted by Gasteiger charge is -2.01. The van der Waals surface area contributed by atoms with E-state index in [9.17, 15) is 0 Å². The summed E-state index contributed by atoms with van der Waals surface area (Å²) in [6, 6.07) is 25.3. The monoisotopic (exact) mass is 424 g/mol. The van der Waals surface area contributed by atoms with Gasteiger partial charge >= 0.3 is 0 Å². The van der Waals surface area contributed by atoms with Crippen molar-refractivity contribution in [3.05, 3.63) is 82.8 Å². The maximum atomic E-state index is 6.19. The van der Waals surface area contributed by atoms with Gasteiger partial charge in [-0.05, 0) is 47.2 Å². The molecule has 0 radical (unpaired) electrons. The van der Waals surface area contributed by atoms with E-state index in [0.29, 0.717) is 0 Å². The fraction of sp³-hybridized carbons (Fsp3) is 0. The van der Waals surface area contributed by atoms with Gasteiger partial charge in [0.1, 0.15) is 0 Å². The van der Waals surface area contributed by atoms with Gasteiger partial charge < -0.3 is 9.97 Å². The number of fused-ring (bicyclic) bond motifs is 10. The molecule has 0 atom stereocenters. The first-order valence-corrected chi connectivity index (χ1v) is 10.6. The van der Waals surface area contributed by atoms with E-state index in [0.717, 1.165) is 42.9 Å². The van der Waals surface area contributed by atoms with E-state index in [2.05, 4.69) is 58.5 Å². The van der Waals surface area contributed by atoms with Crippen LogP contribution in [0.4, 0.5) is 0 Å². The zero-order valence-corrected chi connectivity index (χ0v) is 17.2. The number of rotatable bonds is 0.